The van der Waals surface area contributed by atoms with Gasteiger partial charge in [0.2, 0.25) is 0 Å². The highest BCUT2D eigenvalue weighted by atomic mass is 16.5. The second-order valence-electron chi connectivity index (χ2n) is 3.37. The number of hydrogen-bond acceptors (Lipinski definition) is 3. The van der Waals surface area contributed by atoms with Gasteiger partial charge in [-0.05, 0) is 20.8 Å². The number of aromatic nitrogens is 2. The molecular weight excluding hydrogens is 192 g/mol. The van der Waals surface area contributed by atoms with Gasteiger partial charge in [0.1, 0.15) is 11.9 Å². The lowest BCUT2D eigenvalue weighted by molar-refractivity contribution is -0.128. The minimum atomic E-state index is -0.336. The van der Waals surface area contributed by atoms with Crippen LogP contribution in [0.2, 0.25) is 0 Å². The molecule has 1 aromatic rings. The fourth-order valence-corrected chi connectivity index (χ4v) is 1.44. The molecule has 0 N–H and O–H groups in total. The summed E-state index contributed by atoms with van der Waals surface area (Å²) in [5, 5.41) is 0. The summed E-state index contributed by atoms with van der Waals surface area (Å²) in [6.45, 7) is 7.10. The van der Waals surface area contributed by atoms with Crippen LogP contribution in [0, 0.1) is 0 Å². The maximum absolute atomic E-state index is 11.7. The molecule has 1 aromatic heterocycles. The van der Waals surface area contributed by atoms with Gasteiger partial charge in [-0.25, -0.2) is 4.98 Å². The molecule has 0 radical (unpaired) electrons. The molecule has 0 saturated heterocycles. The van der Waals surface area contributed by atoms with E-state index in [2.05, 4.69) is 4.98 Å². The predicted octanol–water partition coefficient (Wildman–Crippen LogP) is 1.44. The summed E-state index contributed by atoms with van der Waals surface area (Å²) in [7, 11) is 0. The molecule has 4 nitrogen and oxygen atoms in total. The molecule has 0 aromatic carbocycles. The quantitative estimate of drug-likeness (QED) is 0.713. The summed E-state index contributed by atoms with van der Waals surface area (Å²) in [5.41, 5.74) is 0. The van der Waals surface area contributed by atoms with E-state index in [0.29, 0.717) is 13.0 Å². The fraction of sp³-hybridized carbons (Fsp3) is 0.636. The van der Waals surface area contributed by atoms with Gasteiger partial charge in [-0.2, -0.15) is 0 Å². The van der Waals surface area contributed by atoms with Crippen LogP contribution in [0.4, 0.5) is 0 Å². The number of rotatable bonds is 6. The zero-order valence-electron chi connectivity index (χ0n) is 9.56. The molecule has 15 heavy (non-hydrogen) atoms. The predicted molar refractivity (Wildman–Crippen MR) is 57.7 cm³/mol. The number of aryl methyl sites for hydroxylation is 1. The van der Waals surface area contributed by atoms with Crippen LogP contribution >= 0.6 is 0 Å². The average molecular weight is 210 g/mol. The SMILES string of the molecule is CCOC(C)C(=O)Cc1nccn1CC. The van der Waals surface area contributed by atoms with Gasteiger partial charge in [0, 0.05) is 25.5 Å². The number of carbonyl (C=O) groups is 1. The van der Waals surface area contributed by atoms with Crippen molar-refractivity contribution in [2.75, 3.05) is 6.61 Å². The van der Waals surface area contributed by atoms with Crippen molar-refractivity contribution in [3.8, 4) is 0 Å². The first-order chi connectivity index (χ1) is 7.19. The van der Waals surface area contributed by atoms with Gasteiger partial charge in [0.05, 0.1) is 6.42 Å². The van der Waals surface area contributed by atoms with Crippen LogP contribution in [0.1, 0.15) is 26.6 Å². The Bertz CT molecular complexity index is 320. The van der Waals surface area contributed by atoms with E-state index in [-0.39, 0.29) is 11.9 Å². The van der Waals surface area contributed by atoms with Gasteiger partial charge < -0.3 is 9.30 Å². The monoisotopic (exact) mass is 210 g/mol. The topological polar surface area (TPSA) is 44.1 Å². The fourth-order valence-electron chi connectivity index (χ4n) is 1.44. The highest BCUT2D eigenvalue weighted by Crippen LogP contribution is 2.03. The van der Waals surface area contributed by atoms with Gasteiger partial charge in [0.15, 0.2) is 5.78 Å². The summed E-state index contributed by atoms with van der Waals surface area (Å²) < 4.78 is 7.21. The summed E-state index contributed by atoms with van der Waals surface area (Å²) in [4.78, 5) is 15.8. The molecule has 0 aliphatic carbocycles. The van der Waals surface area contributed by atoms with Crippen molar-refractivity contribution in [2.24, 2.45) is 0 Å². The third kappa shape index (κ3) is 3.16. The van der Waals surface area contributed by atoms with Crippen LogP contribution in [0.3, 0.4) is 0 Å². The highest BCUT2D eigenvalue weighted by molar-refractivity contribution is 5.84. The summed E-state index contributed by atoms with van der Waals surface area (Å²) in [6.07, 6.45) is 3.62. The van der Waals surface area contributed by atoms with E-state index in [9.17, 15) is 4.79 Å². The summed E-state index contributed by atoms with van der Waals surface area (Å²) >= 11 is 0. The van der Waals surface area contributed by atoms with Crippen LogP contribution in [0.5, 0.6) is 0 Å². The first-order valence-corrected chi connectivity index (χ1v) is 5.33. The highest BCUT2D eigenvalue weighted by Gasteiger charge is 2.15. The Morgan fingerprint density at radius 1 is 1.60 bits per heavy atom. The largest absolute Gasteiger partial charge is 0.371 e. The minimum absolute atomic E-state index is 0.0813. The van der Waals surface area contributed by atoms with Crippen molar-refractivity contribution < 1.29 is 9.53 Å². The molecule has 1 heterocycles. The van der Waals surface area contributed by atoms with Gasteiger partial charge in [-0.1, -0.05) is 0 Å². The molecule has 1 atom stereocenters. The molecule has 1 rings (SSSR count). The number of imidazole rings is 1. The summed E-state index contributed by atoms with van der Waals surface area (Å²) in [5.74, 6) is 0.895. The van der Waals surface area contributed by atoms with E-state index in [1.807, 2.05) is 24.6 Å². The normalized spacial score (nSPS) is 12.7. The van der Waals surface area contributed by atoms with E-state index < -0.39 is 0 Å². The van der Waals surface area contributed by atoms with Crippen LogP contribution in [0.15, 0.2) is 12.4 Å². The number of Topliss-reactive ketones (excluding diaryl/α,β-unsaturated/α-hetero) is 1. The van der Waals surface area contributed by atoms with Crippen LogP contribution in [0.25, 0.3) is 0 Å². The second-order valence-corrected chi connectivity index (χ2v) is 3.37. The Morgan fingerprint density at radius 2 is 2.33 bits per heavy atom. The number of carbonyl (C=O) groups excluding carboxylic acids is 1. The Kier molecular flexibility index (Phi) is 4.49. The number of ketones is 1. The standard InChI is InChI=1S/C11H18N2O2/c1-4-13-7-6-12-11(13)8-10(14)9(3)15-5-2/h6-7,9H,4-5,8H2,1-3H3. The zero-order valence-corrected chi connectivity index (χ0v) is 9.56. The van der Waals surface area contributed by atoms with Crippen molar-refractivity contribution in [1.29, 1.82) is 0 Å². The Labute approximate surface area is 90.3 Å². The average Bonchev–Trinajstić information content (AvgIpc) is 2.65. The van der Waals surface area contributed by atoms with E-state index >= 15 is 0 Å². The van der Waals surface area contributed by atoms with E-state index in [0.717, 1.165) is 12.4 Å². The minimum Gasteiger partial charge on any atom is -0.371 e. The van der Waals surface area contributed by atoms with Crippen LogP contribution < -0.4 is 0 Å². The first kappa shape index (κ1) is 11.9. The molecule has 0 amide bonds. The second kappa shape index (κ2) is 5.66. The molecule has 84 valence electrons. The van der Waals surface area contributed by atoms with Gasteiger partial charge in [0.25, 0.3) is 0 Å². The molecular formula is C11H18N2O2. The number of hydrogen-bond donors (Lipinski definition) is 0. The van der Waals surface area contributed by atoms with Gasteiger partial charge in [-0.3, -0.25) is 4.79 Å². The Morgan fingerprint density at radius 3 is 2.93 bits per heavy atom. The molecule has 0 aliphatic heterocycles. The first-order valence-electron chi connectivity index (χ1n) is 5.33. The van der Waals surface area contributed by atoms with Crippen molar-refractivity contribution in [3.63, 3.8) is 0 Å². The molecule has 1 unspecified atom stereocenters. The van der Waals surface area contributed by atoms with Gasteiger partial charge >= 0.3 is 0 Å². The van der Waals surface area contributed by atoms with E-state index in [1.54, 1.807) is 13.1 Å². The molecule has 0 spiro atoms. The molecule has 0 saturated carbocycles. The Balaban J connectivity index is 2.58. The van der Waals surface area contributed by atoms with Gasteiger partial charge in [-0.15, -0.1) is 0 Å². The molecule has 4 heteroatoms. The Hall–Kier alpha value is -1.16. The third-order valence-corrected chi connectivity index (χ3v) is 2.34. The molecule has 0 bridgehead atoms. The lowest BCUT2D eigenvalue weighted by Gasteiger charge is -2.10. The smallest absolute Gasteiger partial charge is 0.168 e. The molecule has 0 aliphatic rings. The lowest BCUT2D eigenvalue weighted by atomic mass is 10.2. The van der Waals surface area contributed by atoms with Crippen molar-refractivity contribution in [1.82, 2.24) is 9.55 Å². The van der Waals surface area contributed by atoms with Crippen molar-refractivity contribution >= 4 is 5.78 Å². The summed E-state index contributed by atoms with van der Waals surface area (Å²) in [6, 6.07) is 0. The van der Waals surface area contributed by atoms with Crippen LogP contribution in [-0.4, -0.2) is 28.0 Å². The number of ether oxygens (including phenoxy) is 1. The lowest BCUT2D eigenvalue weighted by Crippen LogP contribution is -2.24. The van der Waals surface area contributed by atoms with Crippen molar-refractivity contribution in [3.05, 3.63) is 18.2 Å². The third-order valence-electron chi connectivity index (χ3n) is 2.34. The maximum Gasteiger partial charge on any atom is 0.168 e. The molecule has 0 fully saturated rings. The van der Waals surface area contributed by atoms with E-state index in [1.165, 1.54) is 0 Å². The van der Waals surface area contributed by atoms with Crippen LogP contribution in [-0.2, 0) is 22.5 Å². The number of nitrogens with zero attached hydrogens (tertiary/aromatic N) is 2. The van der Waals surface area contributed by atoms with Crippen molar-refractivity contribution in [2.45, 2.75) is 39.8 Å². The van der Waals surface area contributed by atoms with E-state index in [4.69, 9.17) is 4.74 Å². The zero-order chi connectivity index (χ0) is 11.3. The maximum atomic E-state index is 11.7.